The third kappa shape index (κ3) is 3.61. The summed E-state index contributed by atoms with van der Waals surface area (Å²) in [5.41, 5.74) is 0.987. The summed E-state index contributed by atoms with van der Waals surface area (Å²) in [6.07, 6.45) is 2.06. The fraction of sp³-hybridized carbons (Fsp3) is 0.562. The molecule has 0 spiro atoms. The number of nitrogens with zero attached hydrogens (tertiary/aromatic N) is 3. The summed E-state index contributed by atoms with van der Waals surface area (Å²) in [6.45, 7) is 3.92. The number of pyridine rings is 1. The maximum Gasteiger partial charge on any atom is 0.225 e. The molecule has 0 radical (unpaired) electrons. The average molecular weight is 318 g/mol. The molecule has 1 N–H and O–H groups in total. The zero-order valence-electron chi connectivity index (χ0n) is 13.3. The molecule has 3 rings (SSSR count). The Balaban J connectivity index is 1.62. The number of anilines is 1. The van der Waals surface area contributed by atoms with Gasteiger partial charge in [0.2, 0.25) is 11.8 Å². The smallest absolute Gasteiger partial charge is 0.225 e. The number of carbonyl (C=O) groups is 2. The van der Waals surface area contributed by atoms with E-state index in [0.717, 1.165) is 24.5 Å². The van der Waals surface area contributed by atoms with E-state index < -0.39 is 0 Å². The molecule has 2 saturated heterocycles. The van der Waals surface area contributed by atoms with Crippen molar-refractivity contribution in [2.24, 2.45) is 5.92 Å². The fourth-order valence-electron chi connectivity index (χ4n) is 2.99. The highest BCUT2D eigenvalue weighted by molar-refractivity contribution is 5.89. The van der Waals surface area contributed by atoms with Gasteiger partial charge in [-0.15, -0.1) is 0 Å². The maximum atomic E-state index is 12.3. The molecule has 3 heterocycles. The van der Waals surface area contributed by atoms with Gasteiger partial charge < -0.3 is 19.9 Å². The van der Waals surface area contributed by atoms with Crippen molar-refractivity contribution in [1.29, 1.82) is 0 Å². The minimum absolute atomic E-state index is 0.0283. The molecule has 1 aromatic rings. The van der Waals surface area contributed by atoms with Crippen LogP contribution >= 0.6 is 0 Å². The summed E-state index contributed by atoms with van der Waals surface area (Å²) in [7, 11) is 1.73. The van der Waals surface area contributed by atoms with Gasteiger partial charge in [0.05, 0.1) is 19.1 Å². The number of amides is 2. The zero-order chi connectivity index (χ0) is 16.2. The monoisotopic (exact) mass is 318 g/mol. The molecule has 2 fully saturated rings. The van der Waals surface area contributed by atoms with E-state index in [0.29, 0.717) is 32.7 Å². The summed E-state index contributed by atoms with van der Waals surface area (Å²) >= 11 is 0. The van der Waals surface area contributed by atoms with Gasteiger partial charge in [0.25, 0.3) is 0 Å². The summed E-state index contributed by atoms with van der Waals surface area (Å²) in [5, 5.41) is 2.95. The lowest BCUT2D eigenvalue weighted by Gasteiger charge is -2.29. The van der Waals surface area contributed by atoms with E-state index >= 15 is 0 Å². The molecule has 23 heavy (non-hydrogen) atoms. The highest BCUT2D eigenvalue weighted by Gasteiger charge is 2.32. The Hall–Kier alpha value is -2.15. The van der Waals surface area contributed by atoms with Crippen molar-refractivity contribution in [2.45, 2.75) is 13.0 Å². The molecular weight excluding hydrogens is 296 g/mol. The Morgan fingerprint density at radius 3 is 2.91 bits per heavy atom. The van der Waals surface area contributed by atoms with Crippen molar-refractivity contribution in [2.75, 3.05) is 44.8 Å². The summed E-state index contributed by atoms with van der Waals surface area (Å²) in [5.74, 6) is 0.603. The van der Waals surface area contributed by atoms with Gasteiger partial charge in [-0.2, -0.15) is 0 Å². The van der Waals surface area contributed by atoms with Crippen LogP contribution in [0.5, 0.6) is 0 Å². The lowest BCUT2D eigenvalue weighted by atomic mass is 10.1. The van der Waals surface area contributed by atoms with E-state index in [1.807, 2.05) is 12.1 Å². The average Bonchev–Trinajstić information content (AvgIpc) is 2.93. The van der Waals surface area contributed by atoms with Crippen molar-refractivity contribution in [1.82, 2.24) is 15.2 Å². The normalized spacial score (nSPS) is 21.6. The number of hydrogen-bond acceptors (Lipinski definition) is 5. The van der Waals surface area contributed by atoms with Crippen LogP contribution in [0.4, 0.5) is 5.82 Å². The Morgan fingerprint density at radius 2 is 2.22 bits per heavy atom. The molecule has 0 unspecified atom stereocenters. The van der Waals surface area contributed by atoms with Gasteiger partial charge in [0.1, 0.15) is 5.82 Å². The number of ether oxygens (including phenoxy) is 1. The van der Waals surface area contributed by atoms with Crippen LogP contribution in [0.3, 0.4) is 0 Å². The van der Waals surface area contributed by atoms with Crippen LogP contribution in [0.15, 0.2) is 18.3 Å². The van der Waals surface area contributed by atoms with Crippen LogP contribution in [0.1, 0.15) is 12.0 Å². The van der Waals surface area contributed by atoms with E-state index in [1.165, 1.54) is 0 Å². The van der Waals surface area contributed by atoms with Gasteiger partial charge >= 0.3 is 0 Å². The molecule has 2 amide bonds. The van der Waals surface area contributed by atoms with Crippen molar-refractivity contribution < 1.29 is 14.3 Å². The van der Waals surface area contributed by atoms with Crippen LogP contribution in [0, 0.1) is 5.92 Å². The maximum absolute atomic E-state index is 12.3. The van der Waals surface area contributed by atoms with E-state index in [2.05, 4.69) is 15.2 Å². The highest BCUT2D eigenvalue weighted by Crippen LogP contribution is 2.19. The number of rotatable bonds is 4. The molecule has 0 bridgehead atoms. The predicted octanol–water partition coefficient (Wildman–Crippen LogP) is 0.0127. The minimum atomic E-state index is -0.254. The van der Waals surface area contributed by atoms with Crippen LogP contribution < -0.4 is 10.2 Å². The van der Waals surface area contributed by atoms with E-state index in [4.69, 9.17) is 4.74 Å². The lowest BCUT2D eigenvalue weighted by Crippen LogP contribution is -2.38. The summed E-state index contributed by atoms with van der Waals surface area (Å²) < 4.78 is 5.37. The number of aromatic nitrogens is 1. The quantitative estimate of drug-likeness (QED) is 0.847. The molecular formula is C16H22N4O3. The second-order valence-corrected chi connectivity index (χ2v) is 5.98. The Morgan fingerprint density at radius 1 is 1.43 bits per heavy atom. The van der Waals surface area contributed by atoms with Gasteiger partial charge in [0.15, 0.2) is 0 Å². The number of morpholine rings is 1. The van der Waals surface area contributed by atoms with E-state index in [9.17, 15) is 9.59 Å². The molecule has 7 nitrogen and oxygen atoms in total. The summed E-state index contributed by atoms with van der Waals surface area (Å²) in [4.78, 5) is 32.0. The van der Waals surface area contributed by atoms with Crippen molar-refractivity contribution in [3.8, 4) is 0 Å². The Labute approximate surface area is 135 Å². The SMILES string of the molecule is CN1C[C@H](C(=O)NCc2cccnc2N2CCOCC2)CC1=O. The molecule has 7 heteroatoms. The van der Waals surface area contributed by atoms with Crippen LogP contribution in [-0.2, 0) is 20.9 Å². The second-order valence-electron chi connectivity index (χ2n) is 5.98. The number of hydrogen-bond donors (Lipinski definition) is 1. The first-order chi connectivity index (χ1) is 11.1. The van der Waals surface area contributed by atoms with Crippen LogP contribution in [-0.4, -0.2) is 61.6 Å². The van der Waals surface area contributed by atoms with Crippen molar-refractivity contribution in [3.05, 3.63) is 23.9 Å². The Kier molecular flexibility index (Phi) is 4.76. The second kappa shape index (κ2) is 6.95. The van der Waals surface area contributed by atoms with E-state index in [1.54, 1.807) is 18.1 Å². The fourth-order valence-corrected chi connectivity index (χ4v) is 2.99. The first-order valence-corrected chi connectivity index (χ1v) is 7.93. The molecule has 0 saturated carbocycles. The van der Waals surface area contributed by atoms with Crippen molar-refractivity contribution >= 4 is 17.6 Å². The molecule has 2 aliphatic rings. The van der Waals surface area contributed by atoms with Crippen molar-refractivity contribution in [3.63, 3.8) is 0 Å². The molecule has 2 aliphatic heterocycles. The standard InChI is InChI=1S/C16H22N4O3/c1-19-11-13(9-14(19)21)16(22)18-10-12-3-2-4-17-15(12)20-5-7-23-8-6-20/h2-4,13H,5-11H2,1H3,(H,18,22)/t13-/m1/s1. The highest BCUT2D eigenvalue weighted by atomic mass is 16.5. The van der Waals surface area contributed by atoms with Gasteiger partial charge in [-0.1, -0.05) is 6.07 Å². The third-order valence-corrected chi connectivity index (χ3v) is 4.34. The first-order valence-electron chi connectivity index (χ1n) is 7.93. The van der Waals surface area contributed by atoms with Gasteiger partial charge in [-0.3, -0.25) is 9.59 Å². The van der Waals surface area contributed by atoms with Crippen LogP contribution in [0.2, 0.25) is 0 Å². The molecule has 0 aromatic carbocycles. The minimum Gasteiger partial charge on any atom is -0.378 e. The zero-order valence-corrected chi connectivity index (χ0v) is 13.3. The van der Waals surface area contributed by atoms with Gasteiger partial charge in [-0.25, -0.2) is 4.98 Å². The molecule has 1 atom stereocenters. The van der Waals surface area contributed by atoms with E-state index in [-0.39, 0.29) is 17.7 Å². The predicted molar refractivity (Wildman–Crippen MR) is 84.9 cm³/mol. The lowest BCUT2D eigenvalue weighted by molar-refractivity contribution is -0.128. The number of nitrogens with one attached hydrogen (secondary N) is 1. The van der Waals surface area contributed by atoms with Crippen LogP contribution in [0.25, 0.3) is 0 Å². The third-order valence-electron chi connectivity index (χ3n) is 4.34. The Bertz CT molecular complexity index is 586. The number of carbonyl (C=O) groups excluding carboxylic acids is 2. The summed E-state index contributed by atoms with van der Waals surface area (Å²) in [6, 6.07) is 3.85. The number of likely N-dealkylation sites (tertiary alicyclic amines) is 1. The molecule has 124 valence electrons. The first kappa shape index (κ1) is 15.7. The van der Waals surface area contributed by atoms with Gasteiger partial charge in [-0.05, 0) is 6.07 Å². The largest absolute Gasteiger partial charge is 0.378 e. The topological polar surface area (TPSA) is 74.8 Å². The molecule has 1 aromatic heterocycles. The molecule has 0 aliphatic carbocycles. The van der Waals surface area contributed by atoms with Gasteiger partial charge in [0, 0.05) is 51.4 Å².